The first-order chi connectivity index (χ1) is 9.15. The van der Waals surface area contributed by atoms with Gasteiger partial charge in [0.25, 0.3) is 0 Å². The predicted octanol–water partition coefficient (Wildman–Crippen LogP) is 5.08. The van der Waals surface area contributed by atoms with Gasteiger partial charge in [-0.15, -0.1) is 0 Å². The van der Waals surface area contributed by atoms with Gasteiger partial charge in [0.2, 0.25) is 0 Å². The molecular formula is C15H22Br2N2. The van der Waals surface area contributed by atoms with E-state index in [4.69, 9.17) is 0 Å². The fourth-order valence-corrected chi connectivity index (χ4v) is 4.49. The van der Waals surface area contributed by atoms with Crippen molar-refractivity contribution in [2.24, 2.45) is 11.8 Å². The molecule has 0 aromatic carbocycles. The Bertz CT molecular complexity index is 423. The lowest BCUT2D eigenvalue weighted by Crippen LogP contribution is -2.30. The molecule has 3 unspecified atom stereocenters. The summed E-state index contributed by atoms with van der Waals surface area (Å²) in [7, 11) is 2.05. The monoisotopic (exact) mass is 388 g/mol. The van der Waals surface area contributed by atoms with Gasteiger partial charge in [-0.05, 0) is 69.7 Å². The average Bonchev–Trinajstić information content (AvgIpc) is 2.42. The minimum atomic E-state index is 0.358. The maximum atomic E-state index is 4.62. The zero-order valence-corrected chi connectivity index (χ0v) is 14.8. The molecule has 1 aliphatic rings. The van der Waals surface area contributed by atoms with Crippen molar-refractivity contribution in [2.45, 2.75) is 45.1 Å². The number of aromatic nitrogens is 1. The highest BCUT2D eigenvalue weighted by Crippen LogP contribution is 2.39. The van der Waals surface area contributed by atoms with E-state index in [-0.39, 0.29) is 0 Å². The van der Waals surface area contributed by atoms with E-state index in [1.807, 2.05) is 6.20 Å². The number of nitrogens with zero attached hydrogens (tertiary/aromatic N) is 1. The number of hydrogen-bond acceptors (Lipinski definition) is 2. The quantitative estimate of drug-likeness (QED) is 0.776. The maximum Gasteiger partial charge on any atom is 0.0718 e. The third kappa shape index (κ3) is 3.79. The van der Waals surface area contributed by atoms with Crippen LogP contribution in [0.1, 0.15) is 50.8 Å². The molecule has 19 heavy (non-hydrogen) atoms. The van der Waals surface area contributed by atoms with Gasteiger partial charge in [-0.25, -0.2) is 0 Å². The van der Waals surface area contributed by atoms with Crippen LogP contribution in [0, 0.1) is 11.8 Å². The Balaban J connectivity index is 2.19. The van der Waals surface area contributed by atoms with Gasteiger partial charge in [-0.3, -0.25) is 4.98 Å². The van der Waals surface area contributed by atoms with E-state index in [0.29, 0.717) is 12.0 Å². The molecule has 0 spiro atoms. The molecule has 106 valence electrons. The van der Waals surface area contributed by atoms with Crippen LogP contribution in [0.15, 0.2) is 21.2 Å². The molecule has 1 N–H and O–H groups in total. The largest absolute Gasteiger partial charge is 0.311 e. The van der Waals surface area contributed by atoms with Crippen LogP contribution in [0.2, 0.25) is 0 Å². The molecule has 0 saturated heterocycles. The first-order valence-corrected chi connectivity index (χ1v) is 8.72. The van der Waals surface area contributed by atoms with Crippen LogP contribution in [-0.2, 0) is 0 Å². The van der Waals surface area contributed by atoms with Crippen LogP contribution in [0.25, 0.3) is 0 Å². The van der Waals surface area contributed by atoms with E-state index in [1.165, 1.54) is 32.1 Å². The van der Waals surface area contributed by atoms with Gasteiger partial charge < -0.3 is 5.32 Å². The van der Waals surface area contributed by atoms with Gasteiger partial charge in [-0.2, -0.15) is 0 Å². The van der Waals surface area contributed by atoms with E-state index in [1.54, 1.807) is 0 Å². The van der Waals surface area contributed by atoms with Crippen LogP contribution in [-0.4, -0.2) is 12.0 Å². The molecule has 2 nitrogen and oxygen atoms in total. The molecule has 0 bridgehead atoms. The third-order valence-electron chi connectivity index (χ3n) is 4.31. The van der Waals surface area contributed by atoms with Gasteiger partial charge in [0.15, 0.2) is 0 Å². The van der Waals surface area contributed by atoms with Gasteiger partial charge >= 0.3 is 0 Å². The summed E-state index contributed by atoms with van der Waals surface area (Å²) in [5.41, 5.74) is 1.15. The summed E-state index contributed by atoms with van der Waals surface area (Å²) < 4.78 is 2.12. The molecule has 1 saturated carbocycles. The lowest BCUT2D eigenvalue weighted by molar-refractivity contribution is 0.212. The molecule has 0 radical (unpaired) electrons. The van der Waals surface area contributed by atoms with Crippen LogP contribution in [0.4, 0.5) is 0 Å². The van der Waals surface area contributed by atoms with Gasteiger partial charge in [0, 0.05) is 15.1 Å². The average molecular weight is 390 g/mol. The highest BCUT2D eigenvalue weighted by molar-refractivity contribution is 9.11. The summed E-state index contributed by atoms with van der Waals surface area (Å²) >= 11 is 7.13. The highest BCUT2D eigenvalue weighted by Gasteiger charge is 2.29. The Labute approximate surface area is 133 Å². The van der Waals surface area contributed by atoms with Crippen molar-refractivity contribution in [1.29, 1.82) is 0 Å². The maximum absolute atomic E-state index is 4.62. The standard InChI is InChI=1S/C15H22Br2N2/c1-3-10-5-4-6-11(7-10)14(18-2)15-13(17)8-12(16)9-19-15/h8-11,14,18H,3-7H2,1-2H3. The molecule has 0 amide bonds. The second-order valence-electron chi connectivity index (χ2n) is 5.49. The van der Waals surface area contributed by atoms with Gasteiger partial charge in [0.05, 0.1) is 11.7 Å². The zero-order valence-electron chi connectivity index (χ0n) is 11.6. The summed E-state index contributed by atoms with van der Waals surface area (Å²) in [6.45, 7) is 2.31. The number of pyridine rings is 1. The number of rotatable bonds is 4. The third-order valence-corrected chi connectivity index (χ3v) is 5.38. The van der Waals surface area contributed by atoms with Gasteiger partial charge in [0.1, 0.15) is 0 Å². The minimum Gasteiger partial charge on any atom is -0.311 e. The van der Waals surface area contributed by atoms with Crippen molar-refractivity contribution in [3.8, 4) is 0 Å². The van der Waals surface area contributed by atoms with Crippen LogP contribution < -0.4 is 5.32 Å². The van der Waals surface area contributed by atoms with Crippen molar-refractivity contribution in [2.75, 3.05) is 7.05 Å². The van der Waals surface area contributed by atoms with Crippen LogP contribution >= 0.6 is 31.9 Å². The number of nitrogens with one attached hydrogen (secondary N) is 1. The van der Waals surface area contributed by atoms with E-state index < -0.39 is 0 Å². The molecule has 1 aromatic heterocycles. The molecule has 2 rings (SSSR count). The van der Waals surface area contributed by atoms with Crippen LogP contribution in [0.3, 0.4) is 0 Å². The summed E-state index contributed by atoms with van der Waals surface area (Å²) in [6.07, 6.45) is 8.60. The minimum absolute atomic E-state index is 0.358. The molecule has 1 fully saturated rings. The van der Waals surface area contributed by atoms with Gasteiger partial charge in [-0.1, -0.05) is 26.2 Å². The number of hydrogen-bond donors (Lipinski definition) is 1. The smallest absolute Gasteiger partial charge is 0.0718 e. The zero-order chi connectivity index (χ0) is 13.8. The van der Waals surface area contributed by atoms with E-state index in [9.17, 15) is 0 Å². The van der Waals surface area contributed by atoms with Crippen molar-refractivity contribution in [3.05, 3.63) is 26.9 Å². The molecule has 4 heteroatoms. The molecule has 1 aromatic rings. The summed E-state index contributed by atoms with van der Waals surface area (Å²) in [5, 5.41) is 3.49. The summed E-state index contributed by atoms with van der Waals surface area (Å²) in [4.78, 5) is 4.62. The van der Waals surface area contributed by atoms with E-state index >= 15 is 0 Å². The Hall–Kier alpha value is 0.0700. The Morgan fingerprint density at radius 1 is 1.42 bits per heavy atom. The SMILES string of the molecule is CCC1CCCC(C(NC)c2ncc(Br)cc2Br)C1. The number of halogens is 2. The van der Waals surface area contributed by atoms with Crippen molar-refractivity contribution < 1.29 is 0 Å². The Morgan fingerprint density at radius 2 is 2.21 bits per heavy atom. The van der Waals surface area contributed by atoms with Crippen molar-refractivity contribution in [1.82, 2.24) is 10.3 Å². The highest BCUT2D eigenvalue weighted by atomic mass is 79.9. The van der Waals surface area contributed by atoms with Crippen LogP contribution in [0.5, 0.6) is 0 Å². The lowest BCUT2D eigenvalue weighted by Gasteiger charge is -2.34. The summed E-state index contributed by atoms with van der Waals surface area (Å²) in [5.74, 6) is 1.59. The van der Waals surface area contributed by atoms with Crippen molar-refractivity contribution in [3.63, 3.8) is 0 Å². The fourth-order valence-electron chi connectivity index (χ4n) is 3.26. The second kappa shape index (κ2) is 7.19. The van der Waals surface area contributed by atoms with E-state index in [0.717, 1.165) is 20.6 Å². The fraction of sp³-hybridized carbons (Fsp3) is 0.667. The first-order valence-electron chi connectivity index (χ1n) is 7.13. The molecule has 1 heterocycles. The van der Waals surface area contributed by atoms with Crippen molar-refractivity contribution >= 4 is 31.9 Å². The predicted molar refractivity (Wildman–Crippen MR) is 87.2 cm³/mol. The molecule has 0 aliphatic heterocycles. The Morgan fingerprint density at radius 3 is 2.84 bits per heavy atom. The topological polar surface area (TPSA) is 24.9 Å². The molecular weight excluding hydrogens is 368 g/mol. The lowest BCUT2D eigenvalue weighted by atomic mass is 9.76. The summed E-state index contributed by atoms with van der Waals surface area (Å²) in [6, 6.07) is 2.45. The normalized spacial score (nSPS) is 25.3. The molecule has 1 aliphatic carbocycles. The van der Waals surface area contributed by atoms with E-state index in [2.05, 4.69) is 62.2 Å². The molecule has 3 atom stereocenters. The second-order valence-corrected chi connectivity index (χ2v) is 7.26. The first kappa shape index (κ1) is 15.5. The Kier molecular flexibility index (Phi) is 5.85.